The fourth-order valence-corrected chi connectivity index (χ4v) is 1.20. The normalized spacial score (nSPS) is 9.69. The maximum Gasteiger partial charge on any atom is 0.234 e. The molecule has 1 amide bonds. The van der Waals surface area contributed by atoms with Crippen LogP contribution in [-0.2, 0) is 4.79 Å². The molecule has 13 heavy (non-hydrogen) atoms. The van der Waals surface area contributed by atoms with Crippen LogP contribution < -0.4 is 5.32 Å². The second-order valence-corrected chi connectivity index (χ2v) is 3.35. The molecule has 0 saturated heterocycles. The molecule has 1 aromatic carbocycles. The van der Waals surface area contributed by atoms with Crippen molar-refractivity contribution in [1.82, 2.24) is 0 Å². The number of hydrogen-bond donors (Lipinski definition) is 1. The molecule has 0 atom stereocenters. The van der Waals surface area contributed by atoms with Gasteiger partial charge in [-0.25, -0.2) is 4.39 Å². The van der Waals surface area contributed by atoms with Crippen LogP contribution in [-0.4, -0.2) is 17.9 Å². The Morgan fingerprint density at radius 1 is 1.46 bits per heavy atom. The van der Waals surface area contributed by atoms with Gasteiger partial charge in [0.25, 0.3) is 0 Å². The second kappa shape index (κ2) is 4.87. The third-order valence-corrected chi connectivity index (χ3v) is 1.95. The molecule has 1 rings (SSSR count). The Hall–Kier alpha value is -1.03. The van der Waals surface area contributed by atoms with Crippen LogP contribution in [0.4, 0.5) is 10.1 Å². The fraction of sp³-hybridized carbons (Fsp3) is 0.222. The quantitative estimate of drug-likeness (QED) is 0.808. The van der Waals surface area contributed by atoms with Gasteiger partial charge in [-0.2, -0.15) is 11.8 Å². The van der Waals surface area contributed by atoms with E-state index < -0.39 is 0 Å². The molecule has 2 nitrogen and oxygen atoms in total. The molecule has 4 heteroatoms. The molecule has 0 aliphatic rings. The summed E-state index contributed by atoms with van der Waals surface area (Å²) in [5, 5.41) is 2.64. The lowest BCUT2D eigenvalue weighted by atomic mass is 10.3. The van der Waals surface area contributed by atoms with Crippen molar-refractivity contribution < 1.29 is 9.18 Å². The summed E-state index contributed by atoms with van der Waals surface area (Å²) >= 11 is 1.45. The van der Waals surface area contributed by atoms with Gasteiger partial charge in [0.2, 0.25) is 5.91 Å². The lowest BCUT2D eigenvalue weighted by Crippen LogP contribution is -2.13. The van der Waals surface area contributed by atoms with E-state index >= 15 is 0 Å². The molecule has 0 fully saturated rings. The van der Waals surface area contributed by atoms with E-state index in [0.29, 0.717) is 11.4 Å². The zero-order chi connectivity index (χ0) is 9.68. The topological polar surface area (TPSA) is 29.1 Å². The molecular weight excluding hydrogens is 189 g/mol. The Kier molecular flexibility index (Phi) is 3.76. The van der Waals surface area contributed by atoms with E-state index in [1.54, 1.807) is 0 Å². The molecule has 0 aromatic heterocycles. The van der Waals surface area contributed by atoms with Crippen LogP contribution in [0.15, 0.2) is 24.3 Å². The first-order chi connectivity index (χ1) is 6.22. The molecule has 0 heterocycles. The summed E-state index contributed by atoms with van der Waals surface area (Å²) in [6.07, 6.45) is 1.85. The van der Waals surface area contributed by atoms with E-state index in [1.807, 2.05) is 6.26 Å². The summed E-state index contributed by atoms with van der Waals surface area (Å²) in [5.41, 5.74) is 0.625. The first-order valence-electron chi connectivity index (χ1n) is 3.76. The highest BCUT2D eigenvalue weighted by Crippen LogP contribution is 2.08. The summed E-state index contributed by atoms with van der Waals surface area (Å²) in [7, 11) is 0. The van der Waals surface area contributed by atoms with Crippen LogP contribution in [0, 0.1) is 5.82 Å². The van der Waals surface area contributed by atoms with E-state index in [9.17, 15) is 9.18 Å². The average molecular weight is 199 g/mol. The van der Waals surface area contributed by atoms with Gasteiger partial charge < -0.3 is 5.32 Å². The van der Waals surface area contributed by atoms with E-state index in [2.05, 4.69) is 5.32 Å². The van der Waals surface area contributed by atoms with Gasteiger partial charge in [0, 0.05) is 5.69 Å². The van der Waals surface area contributed by atoms with Gasteiger partial charge >= 0.3 is 0 Å². The Labute approximate surface area is 80.5 Å². The molecule has 0 bridgehead atoms. The van der Waals surface area contributed by atoms with Crippen LogP contribution >= 0.6 is 11.8 Å². The third-order valence-electron chi connectivity index (χ3n) is 1.40. The molecule has 0 aliphatic heterocycles. The highest BCUT2D eigenvalue weighted by atomic mass is 32.2. The number of rotatable bonds is 3. The Morgan fingerprint density at radius 3 is 2.62 bits per heavy atom. The number of carbonyl (C=O) groups is 1. The first kappa shape index (κ1) is 10.1. The van der Waals surface area contributed by atoms with Gasteiger partial charge in [0.1, 0.15) is 5.82 Å². The van der Waals surface area contributed by atoms with Gasteiger partial charge in [-0.1, -0.05) is 0 Å². The van der Waals surface area contributed by atoms with Gasteiger partial charge in [0.15, 0.2) is 0 Å². The van der Waals surface area contributed by atoms with Crippen LogP contribution in [0.5, 0.6) is 0 Å². The maximum atomic E-state index is 12.5. The number of nitrogens with one attached hydrogen (secondary N) is 1. The van der Waals surface area contributed by atoms with Gasteiger partial charge in [-0.15, -0.1) is 0 Å². The lowest BCUT2D eigenvalue weighted by Gasteiger charge is -2.02. The van der Waals surface area contributed by atoms with Crippen LogP contribution in [0.25, 0.3) is 0 Å². The largest absolute Gasteiger partial charge is 0.325 e. The SMILES string of the molecule is CSCC(=O)Nc1ccc(F)cc1. The minimum absolute atomic E-state index is 0.0703. The van der Waals surface area contributed by atoms with Crippen molar-refractivity contribution in [2.45, 2.75) is 0 Å². The maximum absolute atomic E-state index is 12.5. The molecule has 70 valence electrons. The highest BCUT2D eigenvalue weighted by molar-refractivity contribution is 7.99. The number of benzene rings is 1. The van der Waals surface area contributed by atoms with Crippen molar-refractivity contribution in [2.24, 2.45) is 0 Å². The molecule has 0 unspecified atom stereocenters. The zero-order valence-electron chi connectivity index (χ0n) is 7.21. The standard InChI is InChI=1S/C9H10FNOS/c1-13-6-9(12)11-8-4-2-7(10)3-5-8/h2-5H,6H2,1H3,(H,11,12). The van der Waals surface area contributed by atoms with Crippen LogP contribution in [0.3, 0.4) is 0 Å². The minimum Gasteiger partial charge on any atom is -0.325 e. The molecule has 0 spiro atoms. The predicted octanol–water partition coefficient (Wildman–Crippen LogP) is 2.13. The van der Waals surface area contributed by atoms with Crippen molar-refractivity contribution in [2.75, 3.05) is 17.3 Å². The Bertz CT molecular complexity index is 286. The van der Waals surface area contributed by atoms with E-state index in [-0.39, 0.29) is 11.7 Å². The molecular formula is C9H10FNOS. The average Bonchev–Trinajstić information content (AvgIpc) is 2.09. The van der Waals surface area contributed by atoms with Crippen molar-refractivity contribution in [3.8, 4) is 0 Å². The zero-order valence-corrected chi connectivity index (χ0v) is 8.03. The minimum atomic E-state index is -0.303. The molecule has 1 aromatic rings. The monoisotopic (exact) mass is 199 g/mol. The van der Waals surface area contributed by atoms with E-state index in [4.69, 9.17) is 0 Å². The summed E-state index contributed by atoms with van der Waals surface area (Å²) in [4.78, 5) is 11.1. The molecule has 0 aliphatic carbocycles. The number of halogens is 1. The second-order valence-electron chi connectivity index (χ2n) is 2.49. The van der Waals surface area contributed by atoms with Crippen molar-refractivity contribution in [1.29, 1.82) is 0 Å². The Morgan fingerprint density at radius 2 is 2.08 bits per heavy atom. The Balaban J connectivity index is 2.54. The summed E-state index contributed by atoms with van der Waals surface area (Å²) in [6.45, 7) is 0. The third kappa shape index (κ3) is 3.46. The number of anilines is 1. The molecule has 0 saturated carbocycles. The molecule has 0 radical (unpaired) electrons. The summed E-state index contributed by atoms with van der Waals surface area (Å²) in [6, 6.07) is 5.70. The van der Waals surface area contributed by atoms with Crippen molar-refractivity contribution >= 4 is 23.4 Å². The number of hydrogen-bond acceptors (Lipinski definition) is 2. The van der Waals surface area contributed by atoms with Gasteiger partial charge in [-0.05, 0) is 30.5 Å². The smallest absolute Gasteiger partial charge is 0.234 e. The number of amides is 1. The lowest BCUT2D eigenvalue weighted by molar-refractivity contribution is -0.113. The fourth-order valence-electron chi connectivity index (χ4n) is 0.861. The number of carbonyl (C=O) groups excluding carboxylic acids is 1. The van der Waals surface area contributed by atoms with E-state index in [1.165, 1.54) is 36.0 Å². The summed E-state index contributed by atoms with van der Waals surface area (Å²) < 4.78 is 12.5. The summed E-state index contributed by atoms with van der Waals surface area (Å²) in [5.74, 6) is 0.0409. The highest BCUT2D eigenvalue weighted by Gasteiger charge is 1.99. The first-order valence-corrected chi connectivity index (χ1v) is 5.16. The van der Waals surface area contributed by atoms with Gasteiger partial charge in [-0.3, -0.25) is 4.79 Å². The van der Waals surface area contributed by atoms with Crippen LogP contribution in [0.2, 0.25) is 0 Å². The number of thioether (sulfide) groups is 1. The van der Waals surface area contributed by atoms with Crippen molar-refractivity contribution in [3.63, 3.8) is 0 Å². The van der Waals surface area contributed by atoms with Crippen LogP contribution in [0.1, 0.15) is 0 Å². The van der Waals surface area contributed by atoms with Gasteiger partial charge in [0.05, 0.1) is 5.75 Å². The predicted molar refractivity (Wildman–Crippen MR) is 53.4 cm³/mol. The van der Waals surface area contributed by atoms with E-state index in [0.717, 1.165) is 0 Å². The van der Waals surface area contributed by atoms with Crippen molar-refractivity contribution in [3.05, 3.63) is 30.1 Å². The molecule has 1 N–H and O–H groups in total.